The molecule has 0 bridgehead atoms. The zero-order valence-corrected chi connectivity index (χ0v) is 14.1. The molecule has 0 heterocycles. The molecule has 5 heteroatoms. The van der Waals surface area contributed by atoms with Gasteiger partial charge in [0, 0.05) is 10.0 Å². The second kappa shape index (κ2) is 6.96. The number of anilines is 1. The summed E-state index contributed by atoms with van der Waals surface area (Å²) in [6.45, 7) is 1.98. The number of hydrogen-bond donors (Lipinski definition) is 1. The maximum absolute atomic E-state index is 12.2. The van der Waals surface area contributed by atoms with Gasteiger partial charge in [0.05, 0.1) is 24.2 Å². The van der Waals surface area contributed by atoms with Gasteiger partial charge in [0.2, 0.25) is 5.91 Å². The Balaban J connectivity index is 2.13. The lowest BCUT2D eigenvalue weighted by Crippen LogP contribution is -2.15. The Morgan fingerprint density at radius 1 is 1.29 bits per heavy atom. The summed E-state index contributed by atoms with van der Waals surface area (Å²) >= 11 is 9.42. The van der Waals surface area contributed by atoms with E-state index < -0.39 is 0 Å². The number of rotatable bonds is 4. The van der Waals surface area contributed by atoms with Crippen molar-refractivity contribution in [2.45, 2.75) is 13.3 Å². The SMILES string of the molecule is COc1ccc(C)cc1CC(=O)Nc1ccc(Br)cc1Cl. The molecular formula is C16H15BrClNO2. The molecule has 21 heavy (non-hydrogen) atoms. The molecule has 2 aromatic carbocycles. The van der Waals surface area contributed by atoms with E-state index in [1.54, 1.807) is 19.2 Å². The summed E-state index contributed by atoms with van der Waals surface area (Å²) in [5.41, 5.74) is 2.53. The van der Waals surface area contributed by atoms with Crippen LogP contribution in [0, 0.1) is 6.92 Å². The van der Waals surface area contributed by atoms with Crippen molar-refractivity contribution in [3.05, 3.63) is 57.0 Å². The van der Waals surface area contributed by atoms with Crippen LogP contribution in [-0.4, -0.2) is 13.0 Å². The first-order valence-corrected chi connectivity index (χ1v) is 7.55. The van der Waals surface area contributed by atoms with E-state index >= 15 is 0 Å². The van der Waals surface area contributed by atoms with E-state index in [1.165, 1.54) is 0 Å². The van der Waals surface area contributed by atoms with Crippen molar-refractivity contribution in [1.82, 2.24) is 0 Å². The van der Waals surface area contributed by atoms with Crippen LogP contribution in [0.4, 0.5) is 5.69 Å². The molecule has 0 spiro atoms. The third-order valence-electron chi connectivity index (χ3n) is 2.99. The molecule has 3 nitrogen and oxygen atoms in total. The number of hydrogen-bond acceptors (Lipinski definition) is 2. The molecule has 0 fully saturated rings. The molecule has 0 atom stereocenters. The Labute approximate surface area is 137 Å². The minimum Gasteiger partial charge on any atom is -0.496 e. The molecule has 0 aliphatic carbocycles. The van der Waals surface area contributed by atoms with Crippen molar-refractivity contribution < 1.29 is 9.53 Å². The van der Waals surface area contributed by atoms with Gasteiger partial charge in [-0.15, -0.1) is 0 Å². The predicted octanol–water partition coefficient (Wildman–Crippen LogP) is 4.60. The van der Waals surface area contributed by atoms with Gasteiger partial charge >= 0.3 is 0 Å². The summed E-state index contributed by atoms with van der Waals surface area (Å²) in [5.74, 6) is 0.570. The number of nitrogens with one attached hydrogen (secondary N) is 1. The van der Waals surface area contributed by atoms with Crippen LogP contribution in [0.1, 0.15) is 11.1 Å². The van der Waals surface area contributed by atoms with Gasteiger partial charge in [0.25, 0.3) is 0 Å². The number of carbonyl (C=O) groups excluding carboxylic acids is 1. The van der Waals surface area contributed by atoms with E-state index in [0.29, 0.717) is 16.5 Å². The molecule has 0 radical (unpaired) electrons. The van der Waals surface area contributed by atoms with Crippen LogP contribution in [0.15, 0.2) is 40.9 Å². The van der Waals surface area contributed by atoms with Crippen LogP contribution in [-0.2, 0) is 11.2 Å². The number of ether oxygens (including phenoxy) is 1. The quantitative estimate of drug-likeness (QED) is 0.856. The zero-order valence-electron chi connectivity index (χ0n) is 11.7. The molecule has 0 unspecified atom stereocenters. The van der Waals surface area contributed by atoms with E-state index in [4.69, 9.17) is 16.3 Å². The lowest BCUT2D eigenvalue weighted by atomic mass is 10.1. The molecule has 0 aliphatic heterocycles. The van der Waals surface area contributed by atoms with E-state index in [0.717, 1.165) is 15.6 Å². The highest BCUT2D eigenvalue weighted by Crippen LogP contribution is 2.26. The highest BCUT2D eigenvalue weighted by molar-refractivity contribution is 9.10. The van der Waals surface area contributed by atoms with Gasteiger partial charge in [-0.2, -0.15) is 0 Å². The Morgan fingerprint density at radius 3 is 2.71 bits per heavy atom. The molecule has 2 rings (SSSR count). The molecule has 1 N–H and O–H groups in total. The fraction of sp³-hybridized carbons (Fsp3) is 0.188. The van der Waals surface area contributed by atoms with Crippen molar-refractivity contribution in [1.29, 1.82) is 0 Å². The minimum absolute atomic E-state index is 0.136. The van der Waals surface area contributed by atoms with Crippen molar-refractivity contribution in [3.8, 4) is 5.75 Å². The number of amides is 1. The van der Waals surface area contributed by atoms with E-state index in [1.807, 2.05) is 31.2 Å². The normalized spacial score (nSPS) is 10.3. The van der Waals surface area contributed by atoms with E-state index in [-0.39, 0.29) is 12.3 Å². The first kappa shape index (κ1) is 15.9. The molecule has 2 aromatic rings. The van der Waals surface area contributed by atoms with Crippen LogP contribution >= 0.6 is 27.5 Å². The number of methoxy groups -OCH3 is 1. The van der Waals surface area contributed by atoms with Crippen LogP contribution in [0.2, 0.25) is 5.02 Å². The van der Waals surface area contributed by atoms with Gasteiger partial charge < -0.3 is 10.1 Å². The lowest BCUT2D eigenvalue weighted by Gasteiger charge is -2.11. The topological polar surface area (TPSA) is 38.3 Å². The van der Waals surface area contributed by atoms with Crippen LogP contribution < -0.4 is 10.1 Å². The molecule has 0 saturated carbocycles. The molecular weight excluding hydrogens is 354 g/mol. The first-order valence-electron chi connectivity index (χ1n) is 6.38. The summed E-state index contributed by atoms with van der Waals surface area (Å²) in [4.78, 5) is 12.2. The van der Waals surface area contributed by atoms with Crippen molar-refractivity contribution in [2.75, 3.05) is 12.4 Å². The highest BCUT2D eigenvalue weighted by atomic mass is 79.9. The largest absolute Gasteiger partial charge is 0.496 e. The minimum atomic E-state index is -0.136. The second-order valence-corrected chi connectivity index (χ2v) is 5.99. The molecule has 0 aliphatic rings. The summed E-state index contributed by atoms with van der Waals surface area (Å²) in [6, 6.07) is 11.1. The lowest BCUT2D eigenvalue weighted by molar-refractivity contribution is -0.115. The average molecular weight is 369 g/mol. The fourth-order valence-electron chi connectivity index (χ4n) is 2.00. The summed E-state index contributed by atoms with van der Waals surface area (Å²) < 4.78 is 6.15. The fourth-order valence-corrected chi connectivity index (χ4v) is 2.72. The van der Waals surface area contributed by atoms with Gasteiger partial charge in [-0.05, 0) is 31.2 Å². The number of aryl methyl sites for hydroxylation is 1. The third-order valence-corrected chi connectivity index (χ3v) is 3.80. The van der Waals surface area contributed by atoms with Crippen LogP contribution in [0.3, 0.4) is 0 Å². The number of carbonyl (C=O) groups is 1. The zero-order chi connectivity index (χ0) is 15.4. The Bertz CT molecular complexity index is 673. The van der Waals surface area contributed by atoms with Crippen molar-refractivity contribution in [3.63, 3.8) is 0 Å². The predicted molar refractivity (Wildman–Crippen MR) is 89.2 cm³/mol. The number of halogens is 2. The molecule has 0 saturated heterocycles. The van der Waals surface area contributed by atoms with Gasteiger partial charge in [-0.3, -0.25) is 4.79 Å². The molecule has 0 aromatic heterocycles. The Kier molecular flexibility index (Phi) is 5.26. The van der Waals surface area contributed by atoms with Crippen LogP contribution in [0.25, 0.3) is 0 Å². The van der Waals surface area contributed by atoms with E-state index in [9.17, 15) is 4.79 Å². The monoisotopic (exact) mass is 367 g/mol. The van der Waals surface area contributed by atoms with Gasteiger partial charge in [0.15, 0.2) is 0 Å². The highest BCUT2D eigenvalue weighted by Gasteiger charge is 2.11. The van der Waals surface area contributed by atoms with Crippen LogP contribution in [0.5, 0.6) is 5.75 Å². The van der Waals surface area contributed by atoms with Gasteiger partial charge in [-0.25, -0.2) is 0 Å². The first-order chi connectivity index (χ1) is 9.99. The summed E-state index contributed by atoms with van der Waals surface area (Å²) in [7, 11) is 1.59. The Hall–Kier alpha value is -1.52. The van der Waals surface area contributed by atoms with Crippen molar-refractivity contribution in [2.24, 2.45) is 0 Å². The van der Waals surface area contributed by atoms with Gasteiger partial charge in [-0.1, -0.05) is 45.2 Å². The summed E-state index contributed by atoms with van der Waals surface area (Å²) in [6.07, 6.45) is 0.233. The number of benzene rings is 2. The third kappa shape index (κ3) is 4.22. The Morgan fingerprint density at radius 2 is 2.05 bits per heavy atom. The second-order valence-electron chi connectivity index (χ2n) is 4.66. The van der Waals surface area contributed by atoms with E-state index in [2.05, 4.69) is 21.2 Å². The molecule has 1 amide bonds. The standard InChI is InChI=1S/C16H15BrClNO2/c1-10-3-6-15(21-2)11(7-10)8-16(20)19-14-5-4-12(17)9-13(14)18/h3-7,9H,8H2,1-2H3,(H,19,20). The van der Waals surface area contributed by atoms with Crippen molar-refractivity contribution >= 4 is 39.1 Å². The average Bonchev–Trinajstić information content (AvgIpc) is 2.42. The smallest absolute Gasteiger partial charge is 0.228 e. The van der Waals surface area contributed by atoms with Gasteiger partial charge in [0.1, 0.15) is 5.75 Å². The molecule has 110 valence electrons. The summed E-state index contributed by atoms with van der Waals surface area (Å²) in [5, 5.41) is 3.30. The maximum atomic E-state index is 12.2. The maximum Gasteiger partial charge on any atom is 0.228 e.